The summed E-state index contributed by atoms with van der Waals surface area (Å²) < 4.78 is 0. The van der Waals surface area contributed by atoms with Crippen LogP contribution in [0.1, 0.15) is 0 Å². The van der Waals surface area contributed by atoms with Crippen LogP contribution in [0.15, 0.2) is 58.5 Å². The first kappa shape index (κ1) is 12.0. The Morgan fingerprint density at radius 3 is 1.55 bits per heavy atom. The molecule has 0 bridgehead atoms. The van der Waals surface area contributed by atoms with Crippen molar-refractivity contribution >= 4 is 45.1 Å². The zero-order valence-electron chi connectivity index (χ0n) is 10.3. The van der Waals surface area contributed by atoms with Crippen molar-refractivity contribution < 1.29 is 9.59 Å². The van der Waals surface area contributed by atoms with Gasteiger partial charge in [0.1, 0.15) is 0 Å². The second-order valence-corrected chi connectivity index (χ2v) is 4.25. The van der Waals surface area contributed by atoms with Gasteiger partial charge in [0.05, 0.1) is 11.4 Å². The molecular weight excluding hydrogens is 252 g/mol. The number of fused-ring (bicyclic) bond motifs is 2. The average molecular weight is 260 g/mol. The topological polar surface area (TPSA) is 58.9 Å². The molecule has 20 heavy (non-hydrogen) atoms. The molecule has 0 unspecified atom stereocenters. The smallest absolute Gasteiger partial charge is 0.211 e. The van der Waals surface area contributed by atoms with E-state index in [1.165, 1.54) is 0 Å². The second-order valence-electron chi connectivity index (χ2n) is 4.25. The Hall–Kier alpha value is -3.06. The van der Waals surface area contributed by atoms with Crippen molar-refractivity contribution in [1.29, 1.82) is 0 Å². The van der Waals surface area contributed by atoms with E-state index in [0.29, 0.717) is 11.4 Å². The van der Waals surface area contributed by atoms with Crippen molar-refractivity contribution in [3.63, 3.8) is 0 Å². The van der Waals surface area contributed by atoms with Gasteiger partial charge in [0.2, 0.25) is 12.2 Å². The van der Waals surface area contributed by atoms with Crippen LogP contribution in [0.4, 0.5) is 11.4 Å². The van der Waals surface area contributed by atoms with E-state index in [0.717, 1.165) is 21.5 Å². The number of aliphatic imine (C=N–C) groups is 2. The average Bonchev–Trinajstić information content (AvgIpc) is 2.48. The molecule has 0 spiro atoms. The first-order valence-corrected chi connectivity index (χ1v) is 5.95. The van der Waals surface area contributed by atoms with Crippen LogP contribution in [0.25, 0.3) is 21.5 Å². The lowest BCUT2D eigenvalue weighted by atomic mass is 10.0. The molecule has 0 atom stereocenters. The Labute approximate surface area is 114 Å². The van der Waals surface area contributed by atoms with Crippen molar-refractivity contribution in [1.82, 2.24) is 0 Å². The largest absolute Gasteiger partial charge is 0.240 e. The molecule has 3 rings (SSSR count). The van der Waals surface area contributed by atoms with Crippen LogP contribution >= 0.6 is 0 Å². The van der Waals surface area contributed by atoms with Crippen molar-refractivity contribution in [3.05, 3.63) is 48.5 Å². The molecule has 0 radical (unpaired) electrons. The quantitative estimate of drug-likeness (QED) is 0.398. The minimum absolute atomic E-state index is 0.505. The molecule has 3 aromatic carbocycles. The summed E-state index contributed by atoms with van der Waals surface area (Å²) in [6.07, 6.45) is 3.09. The molecule has 0 saturated heterocycles. The molecule has 0 saturated carbocycles. The lowest BCUT2D eigenvalue weighted by molar-refractivity contribution is 0.564. The molecule has 4 nitrogen and oxygen atoms in total. The van der Waals surface area contributed by atoms with E-state index < -0.39 is 0 Å². The molecule has 0 aliphatic rings. The third-order valence-corrected chi connectivity index (χ3v) is 3.17. The van der Waals surface area contributed by atoms with Gasteiger partial charge >= 0.3 is 0 Å². The van der Waals surface area contributed by atoms with Crippen molar-refractivity contribution in [3.8, 4) is 0 Å². The summed E-state index contributed by atoms with van der Waals surface area (Å²) in [5, 5.41) is 3.55. The van der Waals surface area contributed by atoms with Crippen LogP contribution in [-0.2, 0) is 9.59 Å². The fraction of sp³-hybridized carbons (Fsp3) is 0. The first-order valence-electron chi connectivity index (χ1n) is 5.95. The van der Waals surface area contributed by atoms with E-state index in [4.69, 9.17) is 0 Å². The zero-order valence-corrected chi connectivity index (χ0v) is 10.3. The highest BCUT2D eigenvalue weighted by Gasteiger charge is 2.07. The maximum atomic E-state index is 10.5. The van der Waals surface area contributed by atoms with E-state index in [-0.39, 0.29) is 0 Å². The van der Waals surface area contributed by atoms with Crippen LogP contribution in [0.3, 0.4) is 0 Å². The van der Waals surface area contributed by atoms with Crippen LogP contribution in [-0.4, -0.2) is 12.2 Å². The number of benzene rings is 3. The van der Waals surface area contributed by atoms with Gasteiger partial charge in [0.15, 0.2) is 0 Å². The number of carbonyl (C=O) groups excluding carboxylic acids is 2. The summed E-state index contributed by atoms with van der Waals surface area (Å²) >= 11 is 0. The maximum absolute atomic E-state index is 10.5. The van der Waals surface area contributed by atoms with E-state index in [1.54, 1.807) is 24.3 Å². The molecule has 0 heterocycles. The minimum atomic E-state index is 0.505. The van der Waals surface area contributed by atoms with E-state index >= 15 is 0 Å². The Kier molecular flexibility index (Phi) is 2.94. The standard InChI is InChI=1S/C16H8N2O2/c19-9-17-15-5-6-16(18-10-20)14-8-12-4-2-1-3-11(12)7-13(14)15/h1-8H. The molecule has 0 aliphatic heterocycles. The number of isocyanates is 2. The minimum Gasteiger partial charge on any atom is -0.211 e. The Balaban J connectivity index is 2.51. The lowest BCUT2D eigenvalue weighted by Crippen LogP contribution is -1.79. The van der Waals surface area contributed by atoms with Gasteiger partial charge in [-0.1, -0.05) is 24.3 Å². The molecule has 0 fully saturated rings. The van der Waals surface area contributed by atoms with Crippen molar-refractivity contribution in [2.24, 2.45) is 9.98 Å². The molecule has 94 valence electrons. The Bertz CT molecular complexity index is 842. The van der Waals surface area contributed by atoms with Crippen LogP contribution in [0.5, 0.6) is 0 Å². The molecule has 3 aromatic rings. The second kappa shape index (κ2) is 4.90. The first-order chi connectivity index (χ1) is 9.83. The predicted octanol–water partition coefficient (Wildman–Crippen LogP) is 3.93. The Morgan fingerprint density at radius 2 is 1.15 bits per heavy atom. The Morgan fingerprint density at radius 1 is 0.700 bits per heavy atom. The summed E-state index contributed by atoms with van der Waals surface area (Å²) in [5.41, 5.74) is 1.01. The van der Waals surface area contributed by atoms with Crippen LogP contribution < -0.4 is 0 Å². The van der Waals surface area contributed by atoms with E-state index in [2.05, 4.69) is 9.98 Å². The fourth-order valence-electron chi connectivity index (χ4n) is 2.29. The summed E-state index contributed by atoms with van der Waals surface area (Å²) in [6.45, 7) is 0. The van der Waals surface area contributed by atoms with Gasteiger partial charge < -0.3 is 0 Å². The summed E-state index contributed by atoms with van der Waals surface area (Å²) in [7, 11) is 0. The highest BCUT2D eigenvalue weighted by molar-refractivity contribution is 6.08. The van der Waals surface area contributed by atoms with Gasteiger partial charge in [-0.15, -0.1) is 0 Å². The van der Waals surface area contributed by atoms with Gasteiger partial charge in [0.25, 0.3) is 0 Å². The van der Waals surface area contributed by atoms with Crippen LogP contribution in [0, 0.1) is 0 Å². The summed E-state index contributed by atoms with van der Waals surface area (Å²) in [4.78, 5) is 28.4. The molecule has 0 amide bonds. The highest BCUT2D eigenvalue weighted by atomic mass is 16.1. The normalized spacial score (nSPS) is 10.0. The molecule has 0 aromatic heterocycles. The third kappa shape index (κ3) is 1.91. The van der Waals surface area contributed by atoms with Crippen molar-refractivity contribution in [2.75, 3.05) is 0 Å². The van der Waals surface area contributed by atoms with E-state index in [9.17, 15) is 9.59 Å². The number of hydrogen-bond acceptors (Lipinski definition) is 4. The monoisotopic (exact) mass is 260 g/mol. The zero-order chi connectivity index (χ0) is 13.9. The predicted molar refractivity (Wildman–Crippen MR) is 77.0 cm³/mol. The highest BCUT2D eigenvalue weighted by Crippen LogP contribution is 2.36. The SMILES string of the molecule is O=C=Nc1ccc(N=C=O)c2cc3ccccc3cc12. The number of rotatable bonds is 2. The van der Waals surface area contributed by atoms with Gasteiger partial charge in [-0.3, -0.25) is 0 Å². The molecule has 4 heteroatoms. The maximum Gasteiger partial charge on any atom is 0.240 e. The van der Waals surface area contributed by atoms with E-state index in [1.807, 2.05) is 36.4 Å². The number of nitrogens with zero attached hydrogens (tertiary/aromatic N) is 2. The summed E-state index contributed by atoms with van der Waals surface area (Å²) in [5.74, 6) is 0. The number of hydrogen-bond donors (Lipinski definition) is 0. The molecule has 0 N–H and O–H groups in total. The third-order valence-electron chi connectivity index (χ3n) is 3.17. The molecular formula is C16H8N2O2. The van der Waals surface area contributed by atoms with Gasteiger partial charge in [-0.2, -0.15) is 9.98 Å². The fourth-order valence-corrected chi connectivity index (χ4v) is 2.29. The van der Waals surface area contributed by atoms with Gasteiger partial charge in [-0.05, 0) is 35.0 Å². The molecule has 0 aliphatic carbocycles. The lowest BCUT2D eigenvalue weighted by Gasteiger charge is -2.06. The summed E-state index contributed by atoms with van der Waals surface area (Å²) in [6, 6.07) is 14.9. The van der Waals surface area contributed by atoms with Gasteiger partial charge in [-0.25, -0.2) is 9.59 Å². The van der Waals surface area contributed by atoms with Gasteiger partial charge in [0, 0.05) is 10.8 Å². The van der Waals surface area contributed by atoms with Crippen LogP contribution in [0.2, 0.25) is 0 Å². The van der Waals surface area contributed by atoms with Crippen molar-refractivity contribution in [2.45, 2.75) is 0 Å².